The summed E-state index contributed by atoms with van der Waals surface area (Å²) in [7, 11) is 0. The molecule has 1 heterocycles. The molecule has 3 heteroatoms. The molecule has 61 heavy (non-hydrogen) atoms. The lowest BCUT2D eigenvalue weighted by molar-refractivity contribution is 0.769. The highest BCUT2D eigenvalue weighted by atomic mass is 15.0. The van der Waals surface area contributed by atoms with Gasteiger partial charge in [-0.15, -0.1) is 0 Å². The number of fused-ring (bicyclic) bond motifs is 9. The third-order valence-electron chi connectivity index (χ3n) is 12.6. The van der Waals surface area contributed by atoms with Gasteiger partial charge in [-0.3, -0.25) is 0 Å². The van der Waals surface area contributed by atoms with Crippen molar-refractivity contribution < 1.29 is 0 Å². The first-order chi connectivity index (χ1) is 30.3. The lowest BCUT2D eigenvalue weighted by Crippen LogP contribution is -2.28. The first-order valence-corrected chi connectivity index (χ1v) is 20.9. The van der Waals surface area contributed by atoms with Crippen molar-refractivity contribution in [3.8, 4) is 56.4 Å². The molecule has 284 valence electrons. The minimum Gasteiger partial charge on any atom is -0.208 e. The molecule has 0 unspecified atom stereocenters. The van der Waals surface area contributed by atoms with E-state index in [1.54, 1.807) is 0 Å². The molecule has 0 amide bonds. The zero-order valence-electron chi connectivity index (χ0n) is 33.2. The Bertz CT molecular complexity index is 3320. The molecule has 3 nitrogen and oxygen atoms in total. The van der Waals surface area contributed by atoms with Gasteiger partial charge in [-0.05, 0) is 83.4 Å². The van der Waals surface area contributed by atoms with Crippen LogP contribution in [0.25, 0.3) is 88.7 Å². The standard InChI is InChI=1S/C58H37N3/c1-5-19-38(20-6-1)55-59-56(39-21-7-2-8-22-39)61-57(60-55)50-36-35-49-45-29-14-13-27-43(45)44-28-15-16-31-48(44)54(49)53(50)40-33-34-47-46-30-17-18-32-51(46)58(52(47)37-40,41-23-9-3-10-24-41)42-25-11-4-12-26-42/h1-37H. The van der Waals surface area contributed by atoms with E-state index in [1.807, 2.05) is 36.4 Å². The molecule has 1 aliphatic carbocycles. The smallest absolute Gasteiger partial charge is 0.164 e. The highest BCUT2D eigenvalue weighted by molar-refractivity contribution is 6.29. The summed E-state index contributed by atoms with van der Waals surface area (Å²) in [6.45, 7) is 0. The van der Waals surface area contributed by atoms with Gasteiger partial charge in [0.15, 0.2) is 17.5 Å². The van der Waals surface area contributed by atoms with Crippen LogP contribution in [0.5, 0.6) is 0 Å². The van der Waals surface area contributed by atoms with Crippen LogP contribution in [0.3, 0.4) is 0 Å². The predicted molar refractivity (Wildman–Crippen MR) is 251 cm³/mol. The van der Waals surface area contributed by atoms with Crippen molar-refractivity contribution in [2.75, 3.05) is 0 Å². The fourth-order valence-corrected chi connectivity index (χ4v) is 10.0. The minimum atomic E-state index is -0.557. The number of aromatic nitrogens is 3. The van der Waals surface area contributed by atoms with Crippen LogP contribution in [0.1, 0.15) is 22.3 Å². The monoisotopic (exact) mass is 775 g/mol. The second kappa shape index (κ2) is 14.1. The summed E-state index contributed by atoms with van der Waals surface area (Å²) in [5.41, 5.74) is 12.0. The van der Waals surface area contributed by atoms with Crippen LogP contribution in [0.15, 0.2) is 224 Å². The molecular weight excluding hydrogens is 739 g/mol. The Labute approximate surface area is 354 Å². The molecule has 0 saturated carbocycles. The molecule has 11 aromatic rings. The predicted octanol–water partition coefficient (Wildman–Crippen LogP) is 14.4. The van der Waals surface area contributed by atoms with Gasteiger partial charge >= 0.3 is 0 Å². The number of hydrogen-bond acceptors (Lipinski definition) is 3. The summed E-state index contributed by atoms with van der Waals surface area (Å²) in [5.74, 6) is 1.90. The molecular formula is C58H37N3. The lowest BCUT2D eigenvalue weighted by Gasteiger charge is -2.34. The van der Waals surface area contributed by atoms with E-state index in [2.05, 4.69) is 188 Å². The molecule has 0 radical (unpaired) electrons. The molecule has 0 saturated heterocycles. The van der Waals surface area contributed by atoms with Crippen molar-refractivity contribution in [2.24, 2.45) is 0 Å². The maximum absolute atomic E-state index is 5.34. The van der Waals surface area contributed by atoms with Crippen LogP contribution in [0.2, 0.25) is 0 Å². The quantitative estimate of drug-likeness (QED) is 0.158. The average Bonchev–Trinajstić information content (AvgIpc) is 3.65. The Kier molecular flexibility index (Phi) is 8.07. The Hall–Kier alpha value is -8.01. The highest BCUT2D eigenvalue weighted by Gasteiger charge is 2.46. The van der Waals surface area contributed by atoms with Crippen LogP contribution in [-0.2, 0) is 5.41 Å². The third-order valence-corrected chi connectivity index (χ3v) is 12.6. The van der Waals surface area contributed by atoms with Gasteiger partial charge in [0.2, 0.25) is 0 Å². The molecule has 10 aromatic carbocycles. The van der Waals surface area contributed by atoms with Gasteiger partial charge in [0, 0.05) is 22.3 Å². The number of hydrogen-bond donors (Lipinski definition) is 0. The second-order valence-corrected chi connectivity index (χ2v) is 15.8. The van der Waals surface area contributed by atoms with E-state index < -0.39 is 5.41 Å². The molecule has 0 N–H and O–H groups in total. The van der Waals surface area contributed by atoms with Crippen LogP contribution < -0.4 is 0 Å². The van der Waals surface area contributed by atoms with Crippen LogP contribution >= 0.6 is 0 Å². The second-order valence-electron chi connectivity index (χ2n) is 15.8. The molecule has 1 aromatic heterocycles. The first-order valence-electron chi connectivity index (χ1n) is 20.9. The Morgan fingerprint density at radius 2 is 0.705 bits per heavy atom. The van der Waals surface area contributed by atoms with E-state index in [-0.39, 0.29) is 0 Å². The molecule has 0 atom stereocenters. The van der Waals surface area contributed by atoms with Gasteiger partial charge in [-0.2, -0.15) is 0 Å². The summed E-state index contributed by atoms with van der Waals surface area (Å²) in [5, 5.41) is 7.22. The SMILES string of the molecule is c1ccc(-c2nc(-c3ccccc3)nc(-c3ccc4c5ccccc5c5ccccc5c4c3-c3ccc4c(c3)C(c3ccccc3)(c3ccccc3)c3ccccc3-4)n2)cc1. The van der Waals surface area contributed by atoms with Crippen molar-refractivity contribution in [3.05, 3.63) is 247 Å². The van der Waals surface area contributed by atoms with Gasteiger partial charge in [-0.1, -0.05) is 212 Å². The Morgan fingerprint density at radius 1 is 0.279 bits per heavy atom. The van der Waals surface area contributed by atoms with Crippen LogP contribution in [-0.4, -0.2) is 15.0 Å². The largest absolute Gasteiger partial charge is 0.208 e. The molecule has 0 aliphatic heterocycles. The summed E-state index contributed by atoms with van der Waals surface area (Å²) in [6.07, 6.45) is 0. The maximum Gasteiger partial charge on any atom is 0.164 e. The lowest BCUT2D eigenvalue weighted by atomic mass is 9.67. The Balaban J connectivity index is 1.23. The van der Waals surface area contributed by atoms with E-state index in [0.717, 1.165) is 27.8 Å². The van der Waals surface area contributed by atoms with Crippen molar-refractivity contribution in [3.63, 3.8) is 0 Å². The summed E-state index contributed by atoms with van der Waals surface area (Å²) in [6, 6.07) is 80.7. The number of rotatable bonds is 6. The summed E-state index contributed by atoms with van der Waals surface area (Å²) in [4.78, 5) is 15.8. The molecule has 1 aliphatic rings. The number of nitrogens with zero attached hydrogens (tertiary/aromatic N) is 3. The van der Waals surface area contributed by atoms with E-state index in [0.29, 0.717) is 17.5 Å². The van der Waals surface area contributed by atoms with Crippen LogP contribution in [0, 0.1) is 0 Å². The van der Waals surface area contributed by atoms with Crippen molar-refractivity contribution in [2.45, 2.75) is 5.41 Å². The van der Waals surface area contributed by atoms with Crippen molar-refractivity contribution in [1.82, 2.24) is 15.0 Å². The van der Waals surface area contributed by atoms with E-state index >= 15 is 0 Å². The third kappa shape index (κ3) is 5.41. The van der Waals surface area contributed by atoms with Gasteiger partial charge in [0.25, 0.3) is 0 Å². The summed E-state index contributed by atoms with van der Waals surface area (Å²) < 4.78 is 0. The average molecular weight is 776 g/mol. The normalized spacial score (nSPS) is 12.7. The molecule has 0 fully saturated rings. The molecule has 12 rings (SSSR count). The van der Waals surface area contributed by atoms with Crippen LogP contribution in [0.4, 0.5) is 0 Å². The molecule has 0 bridgehead atoms. The fourth-order valence-electron chi connectivity index (χ4n) is 10.0. The van der Waals surface area contributed by atoms with Gasteiger partial charge in [-0.25, -0.2) is 15.0 Å². The van der Waals surface area contributed by atoms with Gasteiger partial charge in [0.1, 0.15) is 0 Å². The van der Waals surface area contributed by atoms with E-state index in [9.17, 15) is 0 Å². The van der Waals surface area contributed by atoms with E-state index in [4.69, 9.17) is 15.0 Å². The summed E-state index contributed by atoms with van der Waals surface area (Å²) >= 11 is 0. The van der Waals surface area contributed by atoms with Crippen molar-refractivity contribution in [1.29, 1.82) is 0 Å². The topological polar surface area (TPSA) is 38.7 Å². The van der Waals surface area contributed by atoms with Crippen molar-refractivity contribution >= 4 is 32.3 Å². The zero-order valence-corrected chi connectivity index (χ0v) is 33.2. The first kappa shape index (κ1) is 35.0. The maximum atomic E-state index is 5.34. The molecule has 0 spiro atoms. The minimum absolute atomic E-state index is 0.557. The highest BCUT2D eigenvalue weighted by Crippen LogP contribution is 2.57. The Morgan fingerprint density at radius 3 is 1.30 bits per heavy atom. The van der Waals surface area contributed by atoms with Gasteiger partial charge < -0.3 is 0 Å². The number of benzene rings is 10. The fraction of sp³-hybridized carbons (Fsp3) is 0.0172. The van der Waals surface area contributed by atoms with E-state index in [1.165, 1.54) is 65.7 Å². The van der Waals surface area contributed by atoms with Gasteiger partial charge in [0.05, 0.1) is 5.41 Å². The zero-order chi connectivity index (χ0) is 40.3.